The predicted molar refractivity (Wildman–Crippen MR) is 45.7 cm³/mol. The van der Waals surface area contributed by atoms with E-state index in [4.69, 9.17) is 4.74 Å². The number of ketones is 1. The zero-order chi connectivity index (χ0) is 9.56. The summed E-state index contributed by atoms with van der Waals surface area (Å²) in [6, 6.07) is 0. The van der Waals surface area contributed by atoms with Crippen LogP contribution < -0.4 is 0 Å². The van der Waals surface area contributed by atoms with Crippen LogP contribution in [0.25, 0.3) is 0 Å². The van der Waals surface area contributed by atoms with Crippen molar-refractivity contribution in [3.05, 3.63) is 12.2 Å². The summed E-state index contributed by atoms with van der Waals surface area (Å²) in [4.78, 5) is 21.5. The molecule has 0 spiro atoms. The zero-order valence-corrected chi connectivity index (χ0v) is 7.55. The van der Waals surface area contributed by atoms with Crippen LogP contribution in [0.15, 0.2) is 12.2 Å². The second-order valence-electron chi connectivity index (χ2n) is 2.56. The van der Waals surface area contributed by atoms with Crippen LogP contribution in [0.5, 0.6) is 0 Å². The molecule has 0 rings (SSSR count). The summed E-state index contributed by atoms with van der Waals surface area (Å²) in [7, 11) is 0. The number of Topliss-reactive ketones (excluding diaryl/α,β-unsaturated/α-hetero) is 1. The van der Waals surface area contributed by atoms with Crippen molar-refractivity contribution in [3.63, 3.8) is 0 Å². The Morgan fingerprint density at radius 3 is 2.42 bits per heavy atom. The third-order valence-corrected chi connectivity index (χ3v) is 1.36. The summed E-state index contributed by atoms with van der Waals surface area (Å²) in [6.07, 6.45) is 0.792. The molecule has 0 aliphatic carbocycles. The zero-order valence-electron chi connectivity index (χ0n) is 7.55. The van der Waals surface area contributed by atoms with Gasteiger partial charge in [0.25, 0.3) is 0 Å². The maximum Gasteiger partial charge on any atom is 0.333 e. The van der Waals surface area contributed by atoms with Crippen molar-refractivity contribution in [2.24, 2.45) is 0 Å². The Morgan fingerprint density at radius 1 is 1.42 bits per heavy atom. The van der Waals surface area contributed by atoms with Gasteiger partial charge in [-0.1, -0.05) is 13.5 Å². The lowest BCUT2D eigenvalue weighted by Gasteiger charge is -2.01. The second-order valence-corrected chi connectivity index (χ2v) is 2.56. The fourth-order valence-electron chi connectivity index (χ4n) is 0.558. The molecule has 0 N–H and O–H groups in total. The minimum atomic E-state index is -0.432. The lowest BCUT2D eigenvalue weighted by Crippen LogP contribution is -2.09. The molecule has 0 aromatic heterocycles. The number of esters is 1. The summed E-state index contributed by atoms with van der Waals surface area (Å²) < 4.78 is 4.72. The molecular formula is C9H14O3. The average Bonchev–Trinajstić information content (AvgIpc) is 2.03. The van der Waals surface area contributed by atoms with Gasteiger partial charge >= 0.3 is 5.97 Å². The number of rotatable bonds is 5. The van der Waals surface area contributed by atoms with Gasteiger partial charge in [-0.05, 0) is 6.92 Å². The standard InChI is InChI=1S/C9H14O3/c1-4-8(10)5-6-12-9(11)7(2)3/h2,4-6H2,1,3H3. The molecule has 0 fully saturated rings. The van der Waals surface area contributed by atoms with Crippen LogP contribution in [0.4, 0.5) is 0 Å². The van der Waals surface area contributed by atoms with Crippen molar-refractivity contribution in [1.82, 2.24) is 0 Å². The Morgan fingerprint density at radius 2 is 2.00 bits per heavy atom. The average molecular weight is 170 g/mol. The van der Waals surface area contributed by atoms with E-state index in [-0.39, 0.29) is 12.4 Å². The van der Waals surface area contributed by atoms with E-state index in [2.05, 4.69) is 6.58 Å². The summed E-state index contributed by atoms with van der Waals surface area (Å²) in [5.41, 5.74) is 0.360. The van der Waals surface area contributed by atoms with Gasteiger partial charge in [0, 0.05) is 18.4 Å². The number of ether oxygens (including phenoxy) is 1. The van der Waals surface area contributed by atoms with E-state index in [0.717, 1.165) is 0 Å². The molecule has 0 aromatic carbocycles. The quantitative estimate of drug-likeness (QED) is 0.463. The SMILES string of the molecule is C=C(C)C(=O)OCCC(=O)CC. The highest BCUT2D eigenvalue weighted by atomic mass is 16.5. The first-order valence-electron chi connectivity index (χ1n) is 3.92. The third-order valence-electron chi connectivity index (χ3n) is 1.36. The fraction of sp³-hybridized carbons (Fsp3) is 0.556. The molecule has 12 heavy (non-hydrogen) atoms. The van der Waals surface area contributed by atoms with Crippen LogP contribution in [0, 0.1) is 0 Å². The van der Waals surface area contributed by atoms with Gasteiger partial charge in [0.2, 0.25) is 0 Å². The van der Waals surface area contributed by atoms with Gasteiger partial charge in [0.1, 0.15) is 5.78 Å². The van der Waals surface area contributed by atoms with E-state index in [1.165, 1.54) is 0 Å². The molecular weight excluding hydrogens is 156 g/mol. The maximum atomic E-state index is 10.8. The van der Waals surface area contributed by atoms with Gasteiger partial charge < -0.3 is 4.74 Å². The summed E-state index contributed by atoms with van der Waals surface area (Å²) >= 11 is 0. The van der Waals surface area contributed by atoms with Crippen LogP contribution in [0.1, 0.15) is 26.7 Å². The first-order valence-corrected chi connectivity index (χ1v) is 3.92. The molecule has 68 valence electrons. The molecule has 0 saturated carbocycles. The monoisotopic (exact) mass is 170 g/mol. The molecule has 0 bridgehead atoms. The summed E-state index contributed by atoms with van der Waals surface area (Å²) in [6.45, 7) is 6.93. The Bertz CT molecular complexity index is 194. The molecule has 0 heterocycles. The van der Waals surface area contributed by atoms with Crippen LogP contribution in [0.3, 0.4) is 0 Å². The number of carbonyl (C=O) groups excluding carboxylic acids is 2. The Labute approximate surface area is 72.4 Å². The number of carbonyl (C=O) groups is 2. The highest BCUT2D eigenvalue weighted by Crippen LogP contribution is 1.95. The van der Waals surface area contributed by atoms with Gasteiger partial charge in [0.05, 0.1) is 6.61 Å². The molecule has 3 nitrogen and oxygen atoms in total. The minimum absolute atomic E-state index is 0.101. The molecule has 0 unspecified atom stereocenters. The lowest BCUT2D eigenvalue weighted by molar-refractivity contribution is -0.139. The molecule has 0 atom stereocenters. The van der Waals surface area contributed by atoms with Crippen LogP contribution in [-0.2, 0) is 14.3 Å². The van der Waals surface area contributed by atoms with E-state index in [0.29, 0.717) is 18.4 Å². The van der Waals surface area contributed by atoms with Crippen molar-refractivity contribution in [3.8, 4) is 0 Å². The van der Waals surface area contributed by atoms with Crippen LogP contribution in [-0.4, -0.2) is 18.4 Å². The lowest BCUT2D eigenvalue weighted by atomic mass is 10.2. The molecule has 0 aliphatic heterocycles. The third kappa shape index (κ3) is 4.66. The summed E-state index contributed by atoms with van der Waals surface area (Å²) in [5.74, 6) is -0.330. The van der Waals surface area contributed by atoms with Gasteiger partial charge in [0.15, 0.2) is 0 Å². The van der Waals surface area contributed by atoms with Gasteiger partial charge in [-0.25, -0.2) is 4.79 Å². The normalized spacial score (nSPS) is 9.17. The van der Waals surface area contributed by atoms with Crippen molar-refractivity contribution in [1.29, 1.82) is 0 Å². The minimum Gasteiger partial charge on any atom is -0.462 e. The molecule has 0 radical (unpaired) electrons. The fourth-order valence-corrected chi connectivity index (χ4v) is 0.558. The maximum absolute atomic E-state index is 10.8. The van der Waals surface area contributed by atoms with Crippen molar-refractivity contribution >= 4 is 11.8 Å². The Balaban J connectivity index is 3.50. The molecule has 0 aromatic rings. The summed E-state index contributed by atoms with van der Waals surface area (Å²) in [5, 5.41) is 0. The molecule has 0 saturated heterocycles. The Hall–Kier alpha value is -1.12. The molecule has 0 amide bonds. The van der Waals surface area contributed by atoms with Gasteiger partial charge in [-0.3, -0.25) is 4.79 Å². The van der Waals surface area contributed by atoms with Gasteiger partial charge in [-0.2, -0.15) is 0 Å². The largest absolute Gasteiger partial charge is 0.462 e. The molecule has 3 heteroatoms. The topological polar surface area (TPSA) is 43.4 Å². The highest BCUT2D eigenvalue weighted by Gasteiger charge is 2.04. The van der Waals surface area contributed by atoms with Crippen LogP contribution >= 0.6 is 0 Å². The van der Waals surface area contributed by atoms with Crippen molar-refractivity contribution in [2.45, 2.75) is 26.7 Å². The van der Waals surface area contributed by atoms with E-state index in [1.807, 2.05) is 0 Å². The van der Waals surface area contributed by atoms with Crippen molar-refractivity contribution in [2.75, 3.05) is 6.61 Å². The van der Waals surface area contributed by atoms with E-state index < -0.39 is 5.97 Å². The van der Waals surface area contributed by atoms with E-state index in [1.54, 1.807) is 13.8 Å². The van der Waals surface area contributed by atoms with E-state index in [9.17, 15) is 9.59 Å². The first kappa shape index (κ1) is 10.9. The number of hydrogen-bond acceptors (Lipinski definition) is 3. The second kappa shape index (κ2) is 5.52. The highest BCUT2D eigenvalue weighted by molar-refractivity contribution is 5.87. The van der Waals surface area contributed by atoms with Crippen LogP contribution in [0.2, 0.25) is 0 Å². The Kier molecular flexibility index (Phi) is 5.00. The molecule has 0 aliphatic rings. The van der Waals surface area contributed by atoms with Gasteiger partial charge in [-0.15, -0.1) is 0 Å². The van der Waals surface area contributed by atoms with Crippen molar-refractivity contribution < 1.29 is 14.3 Å². The first-order chi connectivity index (χ1) is 5.57. The smallest absolute Gasteiger partial charge is 0.333 e. The number of hydrogen-bond donors (Lipinski definition) is 0. The predicted octanol–water partition coefficient (Wildman–Crippen LogP) is 1.47. The van der Waals surface area contributed by atoms with E-state index >= 15 is 0 Å².